The molecule has 0 aliphatic carbocycles. The van der Waals surface area contributed by atoms with Crippen molar-refractivity contribution in [2.24, 2.45) is 0 Å². The van der Waals surface area contributed by atoms with Gasteiger partial charge in [0.15, 0.2) is 11.2 Å². The molecule has 0 bridgehead atoms. The molecule has 3 rings (SSSR count). The molecule has 2 aliphatic heterocycles. The molecule has 7 nitrogen and oxygen atoms in total. The van der Waals surface area contributed by atoms with E-state index in [4.69, 9.17) is 21.7 Å². The first-order valence-corrected chi connectivity index (χ1v) is 8.49. The third kappa shape index (κ3) is 4.34. The summed E-state index contributed by atoms with van der Waals surface area (Å²) >= 11 is 5.32. The van der Waals surface area contributed by atoms with Gasteiger partial charge in [0, 0.05) is 31.9 Å². The number of ether oxygens (including phenoxy) is 2. The molecule has 24 heavy (non-hydrogen) atoms. The molecule has 0 saturated carbocycles. The first-order chi connectivity index (χ1) is 11.6. The van der Waals surface area contributed by atoms with Gasteiger partial charge in [-0.25, -0.2) is 0 Å². The van der Waals surface area contributed by atoms with Gasteiger partial charge in [-0.05, 0) is 37.3 Å². The van der Waals surface area contributed by atoms with Gasteiger partial charge in [-0.1, -0.05) is 0 Å². The number of morpholine rings is 1. The average molecular weight is 350 g/mol. The number of nitrogens with one attached hydrogen (secondary N) is 3. The second-order valence-electron chi connectivity index (χ2n) is 5.80. The molecule has 3 N–H and O–H groups in total. The fraction of sp³-hybridized carbons (Fsp3) is 0.500. The van der Waals surface area contributed by atoms with E-state index >= 15 is 0 Å². The number of thiocarbonyl (C=S) groups is 1. The van der Waals surface area contributed by atoms with E-state index in [0.29, 0.717) is 16.5 Å². The van der Waals surface area contributed by atoms with Crippen LogP contribution in [0.1, 0.15) is 6.92 Å². The van der Waals surface area contributed by atoms with Crippen molar-refractivity contribution < 1.29 is 14.3 Å². The number of benzene rings is 1. The summed E-state index contributed by atoms with van der Waals surface area (Å²) in [5, 5.41) is 9.70. The minimum atomic E-state index is -0.473. The van der Waals surface area contributed by atoms with Crippen molar-refractivity contribution in [1.29, 1.82) is 0 Å². The van der Waals surface area contributed by atoms with Gasteiger partial charge in [-0.2, -0.15) is 0 Å². The standard InChI is InChI=1S/C16H22N4O3S/c1-11-15(21)19-13-10-12(2-3-14(13)23-11)18-16(24)17-4-5-20-6-8-22-9-7-20/h2-3,10-11H,4-9H2,1H3,(H,19,21)(H2,17,18,24)/t11-/m1/s1. The molecule has 0 spiro atoms. The number of hydrogen-bond donors (Lipinski definition) is 3. The number of amides is 1. The summed E-state index contributed by atoms with van der Waals surface area (Å²) < 4.78 is 10.9. The van der Waals surface area contributed by atoms with Gasteiger partial charge in [0.25, 0.3) is 5.91 Å². The Morgan fingerprint density at radius 3 is 3.00 bits per heavy atom. The van der Waals surface area contributed by atoms with E-state index in [1.807, 2.05) is 18.2 Å². The maximum atomic E-state index is 11.7. The van der Waals surface area contributed by atoms with E-state index in [2.05, 4.69) is 20.9 Å². The van der Waals surface area contributed by atoms with Gasteiger partial charge in [0.2, 0.25) is 0 Å². The van der Waals surface area contributed by atoms with Crippen LogP contribution >= 0.6 is 12.2 Å². The lowest BCUT2D eigenvalue weighted by atomic mass is 10.2. The van der Waals surface area contributed by atoms with E-state index in [1.54, 1.807) is 6.92 Å². The highest BCUT2D eigenvalue weighted by molar-refractivity contribution is 7.80. The van der Waals surface area contributed by atoms with Crippen molar-refractivity contribution in [2.75, 3.05) is 50.0 Å². The summed E-state index contributed by atoms with van der Waals surface area (Å²) in [7, 11) is 0. The lowest BCUT2D eigenvalue weighted by Crippen LogP contribution is -2.42. The topological polar surface area (TPSA) is 74.9 Å². The third-order valence-electron chi connectivity index (χ3n) is 3.99. The lowest BCUT2D eigenvalue weighted by Gasteiger charge is -2.26. The molecular weight excluding hydrogens is 328 g/mol. The van der Waals surface area contributed by atoms with Crippen molar-refractivity contribution >= 4 is 34.6 Å². The lowest BCUT2D eigenvalue weighted by molar-refractivity contribution is -0.122. The summed E-state index contributed by atoms with van der Waals surface area (Å²) in [5.41, 5.74) is 1.45. The first-order valence-electron chi connectivity index (χ1n) is 8.08. The first kappa shape index (κ1) is 16.9. The van der Waals surface area contributed by atoms with Gasteiger partial charge < -0.3 is 25.4 Å². The summed E-state index contributed by atoms with van der Waals surface area (Å²) in [6.45, 7) is 6.94. The van der Waals surface area contributed by atoms with Crippen molar-refractivity contribution in [1.82, 2.24) is 10.2 Å². The Morgan fingerprint density at radius 2 is 2.21 bits per heavy atom. The molecule has 1 fully saturated rings. The van der Waals surface area contributed by atoms with Crippen molar-refractivity contribution in [3.8, 4) is 5.75 Å². The highest BCUT2D eigenvalue weighted by atomic mass is 32.1. The molecule has 1 atom stereocenters. The van der Waals surface area contributed by atoms with Gasteiger partial charge in [-0.15, -0.1) is 0 Å². The number of anilines is 2. The smallest absolute Gasteiger partial charge is 0.265 e. The summed E-state index contributed by atoms with van der Waals surface area (Å²) in [5.74, 6) is 0.518. The Balaban J connectivity index is 1.48. The maximum Gasteiger partial charge on any atom is 0.265 e. The van der Waals surface area contributed by atoms with E-state index in [-0.39, 0.29) is 5.91 Å². The highest BCUT2D eigenvalue weighted by Crippen LogP contribution is 2.32. The Morgan fingerprint density at radius 1 is 1.42 bits per heavy atom. The molecule has 0 unspecified atom stereocenters. The molecule has 130 valence electrons. The molecule has 8 heteroatoms. The van der Waals surface area contributed by atoms with Crippen LogP contribution in [0.5, 0.6) is 5.75 Å². The largest absolute Gasteiger partial charge is 0.479 e. The summed E-state index contributed by atoms with van der Waals surface area (Å²) in [6.07, 6.45) is -0.473. The van der Waals surface area contributed by atoms with E-state index in [1.165, 1.54) is 0 Å². The number of carbonyl (C=O) groups excluding carboxylic acids is 1. The van der Waals surface area contributed by atoms with Crippen molar-refractivity contribution in [3.05, 3.63) is 18.2 Å². The fourth-order valence-corrected chi connectivity index (χ4v) is 2.83. The molecule has 0 aromatic heterocycles. The Labute approximate surface area is 146 Å². The van der Waals surface area contributed by atoms with Crippen LogP contribution in [0, 0.1) is 0 Å². The van der Waals surface area contributed by atoms with Crippen LogP contribution in [0.2, 0.25) is 0 Å². The van der Waals surface area contributed by atoms with Crippen LogP contribution in [-0.4, -0.2) is 61.4 Å². The Kier molecular flexibility index (Phi) is 5.49. The predicted molar refractivity (Wildman–Crippen MR) is 96.6 cm³/mol. The summed E-state index contributed by atoms with van der Waals surface area (Å²) in [6, 6.07) is 5.51. The number of rotatable bonds is 4. The van der Waals surface area contributed by atoms with Crippen LogP contribution in [0.15, 0.2) is 18.2 Å². The average Bonchev–Trinajstić information content (AvgIpc) is 2.57. The SMILES string of the molecule is C[C@H]1Oc2ccc(NC(=S)NCCN3CCOCC3)cc2NC1=O. The number of nitrogens with zero attached hydrogens (tertiary/aromatic N) is 1. The Hall–Kier alpha value is -1.90. The van der Waals surface area contributed by atoms with E-state index < -0.39 is 6.10 Å². The zero-order valence-corrected chi connectivity index (χ0v) is 14.4. The molecule has 1 aromatic rings. The second-order valence-corrected chi connectivity index (χ2v) is 6.20. The molecular formula is C16H22N4O3S. The number of fused-ring (bicyclic) bond motifs is 1. The van der Waals surface area contributed by atoms with Gasteiger partial charge >= 0.3 is 0 Å². The molecule has 2 heterocycles. The molecule has 2 aliphatic rings. The molecule has 1 amide bonds. The molecule has 1 saturated heterocycles. The number of hydrogen-bond acceptors (Lipinski definition) is 5. The van der Waals surface area contributed by atoms with Crippen molar-refractivity contribution in [3.63, 3.8) is 0 Å². The van der Waals surface area contributed by atoms with Gasteiger partial charge in [0.1, 0.15) is 5.75 Å². The predicted octanol–water partition coefficient (Wildman–Crippen LogP) is 1.02. The molecule has 0 radical (unpaired) electrons. The van der Waals surface area contributed by atoms with Crippen LogP contribution in [0.4, 0.5) is 11.4 Å². The zero-order valence-electron chi connectivity index (χ0n) is 13.6. The summed E-state index contributed by atoms with van der Waals surface area (Å²) in [4.78, 5) is 14.0. The van der Waals surface area contributed by atoms with Crippen LogP contribution in [0.3, 0.4) is 0 Å². The molecule has 1 aromatic carbocycles. The highest BCUT2D eigenvalue weighted by Gasteiger charge is 2.23. The van der Waals surface area contributed by atoms with Crippen molar-refractivity contribution in [2.45, 2.75) is 13.0 Å². The Bertz CT molecular complexity index is 619. The number of carbonyl (C=O) groups is 1. The maximum absolute atomic E-state index is 11.7. The zero-order chi connectivity index (χ0) is 16.9. The normalized spacial score (nSPS) is 20.5. The third-order valence-corrected chi connectivity index (χ3v) is 4.23. The van der Waals surface area contributed by atoms with E-state index in [9.17, 15) is 4.79 Å². The van der Waals surface area contributed by atoms with E-state index in [0.717, 1.165) is 45.1 Å². The van der Waals surface area contributed by atoms with Crippen LogP contribution < -0.4 is 20.7 Å². The minimum absolute atomic E-state index is 0.147. The quantitative estimate of drug-likeness (QED) is 0.700. The monoisotopic (exact) mass is 350 g/mol. The van der Waals surface area contributed by atoms with Crippen LogP contribution in [0.25, 0.3) is 0 Å². The van der Waals surface area contributed by atoms with Crippen LogP contribution in [-0.2, 0) is 9.53 Å². The second kappa shape index (κ2) is 7.78. The fourth-order valence-electron chi connectivity index (χ4n) is 2.61. The van der Waals surface area contributed by atoms with Gasteiger partial charge in [-0.3, -0.25) is 9.69 Å². The van der Waals surface area contributed by atoms with Gasteiger partial charge in [0.05, 0.1) is 18.9 Å². The minimum Gasteiger partial charge on any atom is -0.479 e.